The summed E-state index contributed by atoms with van der Waals surface area (Å²) in [7, 11) is 0. The minimum Gasteiger partial charge on any atom is -0.294 e. The summed E-state index contributed by atoms with van der Waals surface area (Å²) in [6.07, 6.45) is 0. The highest BCUT2D eigenvalue weighted by Gasteiger charge is 2.25. The standard InChI is InChI=1S/C17H25NOS/c1-11-6-12(2)17(13(3)7-11)16(19)10-18-8-14(4)20-15(5)9-18/h6-7,14-15H,8-10H2,1-5H3. The fourth-order valence-corrected chi connectivity index (χ4v) is 4.70. The average Bonchev–Trinajstić information content (AvgIpc) is 2.25. The molecule has 1 saturated heterocycles. The summed E-state index contributed by atoms with van der Waals surface area (Å²) in [5.74, 6) is 0.270. The number of Topliss-reactive ketones (excluding diaryl/α,β-unsaturated/α-hetero) is 1. The lowest BCUT2D eigenvalue weighted by atomic mass is 9.96. The molecule has 1 aromatic rings. The van der Waals surface area contributed by atoms with Crippen LogP contribution >= 0.6 is 11.8 Å². The number of ketones is 1. The molecule has 0 spiro atoms. The highest BCUT2D eigenvalue weighted by molar-refractivity contribution is 8.00. The fourth-order valence-electron chi connectivity index (χ4n) is 3.32. The summed E-state index contributed by atoms with van der Waals surface area (Å²) in [5, 5.41) is 1.23. The van der Waals surface area contributed by atoms with Crippen LogP contribution in [0.2, 0.25) is 0 Å². The molecule has 0 saturated carbocycles. The molecule has 1 aliphatic rings. The minimum absolute atomic E-state index is 0.270. The molecule has 1 heterocycles. The first-order valence-electron chi connectivity index (χ1n) is 7.35. The van der Waals surface area contributed by atoms with Crippen LogP contribution in [0.5, 0.6) is 0 Å². The predicted octanol–water partition coefficient (Wildman–Crippen LogP) is 3.62. The molecule has 2 nitrogen and oxygen atoms in total. The Morgan fingerprint density at radius 2 is 1.65 bits per heavy atom. The van der Waals surface area contributed by atoms with Gasteiger partial charge in [-0.15, -0.1) is 0 Å². The van der Waals surface area contributed by atoms with Crippen molar-refractivity contribution in [2.75, 3.05) is 19.6 Å². The van der Waals surface area contributed by atoms with Crippen LogP contribution in [0.1, 0.15) is 40.9 Å². The molecule has 0 N–H and O–H groups in total. The van der Waals surface area contributed by atoms with Crippen LogP contribution in [0.3, 0.4) is 0 Å². The summed E-state index contributed by atoms with van der Waals surface area (Å²) in [4.78, 5) is 14.9. The Morgan fingerprint density at radius 1 is 1.15 bits per heavy atom. The van der Waals surface area contributed by atoms with Crippen molar-refractivity contribution in [1.82, 2.24) is 4.90 Å². The zero-order valence-electron chi connectivity index (χ0n) is 13.2. The van der Waals surface area contributed by atoms with E-state index in [0.717, 1.165) is 29.8 Å². The van der Waals surface area contributed by atoms with Gasteiger partial charge in [0.1, 0.15) is 0 Å². The monoisotopic (exact) mass is 291 g/mol. The van der Waals surface area contributed by atoms with E-state index in [1.165, 1.54) is 5.56 Å². The molecular weight excluding hydrogens is 266 g/mol. The Bertz CT molecular complexity index is 479. The van der Waals surface area contributed by atoms with E-state index in [0.29, 0.717) is 17.0 Å². The first kappa shape index (κ1) is 15.6. The minimum atomic E-state index is 0.270. The van der Waals surface area contributed by atoms with Crippen LogP contribution < -0.4 is 0 Å². The second-order valence-electron chi connectivity index (χ2n) is 6.15. The van der Waals surface area contributed by atoms with Gasteiger partial charge in [0.25, 0.3) is 0 Å². The van der Waals surface area contributed by atoms with Crippen molar-refractivity contribution >= 4 is 17.5 Å². The molecule has 1 aromatic carbocycles. The normalized spacial score (nSPS) is 23.9. The van der Waals surface area contributed by atoms with E-state index in [2.05, 4.69) is 37.8 Å². The Morgan fingerprint density at radius 3 is 2.15 bits per heavy atom. The molecule has 1 fully saturated rings. The van der Waals surface area contributed by atoms with Gasteiger partial charge in [-0.25, -0.2) is 0 Å². The Hall–Kier alpha value is -0.800. The van der Waals surface area contributed by atoms with E-state index in [1.807, 2.05) is 25.6 Å². The van der Waals surface area contributed by atoms with E-state index in [4.69, 9.17) is 0 Å². The predicted molar refractivity (Wildman–Crippen MR) is 87.9 cm³/mol. The van der Waals surface area contributed by atoms with Gasteiger partial charge in [0, 0.05) is 29.2 Å². The maximum Gasteiger partial charge on any atom is 0.177 e. The van der Waals surface area contributed by atoms with Crippen molar-refractivity contribution in [3.8, 4) is 0 Å². The van der Waals surface area contributed by atoms with Crippen LogP contribution in [0, 0.1) is 20.8 Å². The Kier molecular flexibility index (Phi) is 4.92. The summed E-state index contributed by atoms with van der Waals surface area (Å²) in [5.41, 5.74) is 4.38. The van der Waals surface area contributed by atoms with Gasteiger partial charge in [-0.1, -0.05) is 31.5 Å². The van der Waals surface area contributed by atoms with Crippen LogP contribution in [-0.2, 0) is 0 Å². The number of carbonyl (C=O) groups excluding carboxylic acids is 1. The molecule has 0 bridgehead atoms. The van der Waals surface area contributed by atoms with E-state index >= 15 is 0 Å². The highest BCUT2D eigenvalue weighted by atomic mass is 32.2. The third-order valence-electron chi connectivity index (χ3n) is 3.82. The molecule has 0 aromatic heterocycles. The Balaban J connectivity index is 2.12. The third-order valence-corrected chi connectivity index (χ3v) is 5.05. The molecule has 2 unspecified atom stereocenters. The zero-order valence-corrected chi connectivity index (χ0v) is 14.0. The molecular formula is C17H25NOS. The van der Waals surface area contributed by atoms with Gasteiger partial charge in [-0.3, -0.25) is 9.69 Å². The van der Waals surface area contributed by atoms with Crippen molar-refractivity contribution < 1.29 is 4.79 Å². The average molecular weight is 291 g/mol. The largest absolute Gasteiger partial charge is 0.294 e. The maximum absolute atomic E-state index is 12.6. The molecule has 3 heteroatoms. The topological polar surface area (TPSA) is 20.3 Å². The highest BCUT2D eigenvalue weighted by Crippen LogP contribution is 2.25. The van der Waals surface area contributed by atoms with Crippen molar-refractivity contribution in [2.45, 2.75) is 45.1 Å². The number of aryl methyl sites for hydroxylation is 3. The Labute approximate surface area is 126 Å². The quantitative estimate of drug-likeness (QED) is 0.793. The van der Waals surface area contributed by atoms with E-state index < -0.39 is 0 Å². The van der Waals surface area contributed by atoms with E-state index in [1.54, 1.807) is 0 Å². The molecule has 1 aliphatic heterocycles. The first-order valence-corrected chi connectivity index (χ1v) is 8.30. The number of rotatable bonds is 3. The van der Waals surface area contributed by atoms with Crippen LogP contribution in [0.4, 0.5) is 0 Å². The number of carbonyl (C=O) groups is 1. The van der Waals surface area contributed by atoms with Gasteiger partial charge in [0.2, 0.25) is 0 Å². The van der Waals surface area contributed by atoms with Gasteiger partial charge in [0.15, 0.2) is 5.78 Å². The number of hydrogen-bond donors (Lipinski definition) is 0. The number of benzene rings is 1. The second kappa shape index (κ2) is 6.31. The van der Waals surface area contributed by atoms with E-state index in [9.17, 15) is 4.79 Å². The lowest BCUT2D eigenvalue weighted by molar-refractivity contribution is 0.0928. The number of thioether (sulfide) groups is 1. The summed E-state index contributed by atoms with van der Waals surface area (Å²) in [6.45, 7) is 13.3. The SMILES string of the molecule is Cc1cc(C)c(C(=O)CN2CC(C)SC(C)C2)c(C)c1. The number of hydrogen-bond acceptors (Lipinski definition) is 3. The van der Waals surface area contributed by atoms with Gasteiger partial charge in [-0.2, -0.15) is 11.8 Å². The van der Waals surface area contributed by atoms with Crippen LogP contribution in [-0.4, -0.2) is 40.8 Å². The lowest BCUT2D eigenvalue weighted by Gasteiger charge is -2.34. The number of nitrogens with zero attached hydrogens (tertiary/aromatic N) is 1. The van der Waals surface area contributed by atoms with Crippen molar-refractivity contribution in [3.63, 3.8) is 0 Å². The first-order chi connectivity index (χ1) is 9.36. The summed E-state index contributed by atoms with van der Waals surface area (Å²) >= 11 is 2.02. The van der Waals surface area contributed by atoms with Gasteiger partial charge < -0.3 is 0 Å². The third kappa shape index (κ3) is 3.64. The second-order valence-corrected chi connectivity index (χ2v) is 8.03. The molecule has 0 radical (unpaired) electrons. The van der Waals surface area contributed by atoms with Crippen molar-refractivity contribution in [2.24, 2.45) is 0 Å². The molecule has 0 amide bonds. The lowest BCUT2D eigenvalue weighted by Crippen LogP contribution is -2.43. The van der Waals surface area contributed by atoms with Crippen LogP contribution in [0.25, 0.3) is 0 Å². The smallest absolute Gasteiger partial charge is 0.177 e. The van der Waals surface area contributed by atoms with Crippen molar-refractivity contribution in [1.29, 1.82) is 0 Å². The van der Waals surface area contributed by atoms with Gasteiger partial charge in [-0.05, 0) is 31.9 Å². The van der Waals surface area contributed by atoms with Gasteiger partial charge in [0.05, 0.1) is 6.54 Å². The van der Waals surface area contributed by atoms with Crippen LogP contribution in [0.15, 0.2) is 12.1 Å². The molecule has 2 rings (SSSR count). The summed E-state index contributed by atoms with van der Waals surface area (Å²) in [6, 6.07) is 4.22. The molecule has 2 atom stereocenters. The van der Waals surface area contributed by atoms with Crippen molar-refractivity contribution in [3.05, 3.63) is 34.4 Å². The fraction of sp³-hybridized carbons (Fsp3) is 0.588. The molecule has 20 heavy (non-hydrogen) atoms. The van der Waals surface area contributed by atoms with Gasteiger partial charge >= 0.3 is 0 Å². The zero-order chi connectivity index (χ0) is 14.9. The van der Waals surface area contributed by atoms with E-state index in [-0.39, 0.29) is 5.78 Å². The molecule has 0 aliphatic carbocycles. The maximum atomic E-state index is 12.6. The summed E-state index contributed by atoms with van der Waals surface area (Å²) < 4.78 is 0. The molecule has 110 valence electrons.